The molecule has 5 nitrogen and oxygen atoms in total. The Morgan fingerprint density at radius 3 is 3.00 bits per heavy atom. The van der Waals surface area contributed by atoms with Crippen LogP contribution in [0.25, 0.3) is 0 Å². The Morgan fingerprint density at radius 1 is 1.35 bits per heavy atom. The van der Waals surface area contributed by atoms with Crippen LogP contribution in [0.5, 0.6) is 5.75 Å². The maximum atomic E-state index is 12.1. The van der Waals surface area contributed by atoms with Gasteiger partial charge in [0.05, 0.1) is 12.2 Å². The van der Waals surface area contributed by atoms with E-state index >= 15 is 0 Å². The van der Waals surface area contributed by atoms with Gasteiger partial charge >= 0.3 is 0 Å². The van der Waals surface area contributed by atoms with Gasteiger partial charge in [-0.3, -0.25) is 4.79 Å². The number of hydrogen-bond donors (Lipinski definition) is 1. The van der Waals surface area contributed by atoms with E-state index in [1.54, 1.807) is 18.2 Å². The Labute approximate surface area is 115 Å². The minimum atomic E-state index is -0.225. The summed E-state index contributed by atoms with van der Waals surface area (Å²) in [7, 11) is 0. The molecule has 2 aromatic rings. The van der Waals surface area contributed by atoms with E-state index in [2.05, 4.69) is 10.3 Å². The fourth-order valence-electron chi connectivity index (χ4n) is 2.05. The number of fused-ring (bicyclic) bond motifs is 1. The molecule has 1 aliphatic heterocycles. The van der Waals surface area contributed by atoms with E-state index in [1.165, 1.54) is 6.20 Å². The maximum absolute atomic E-state index is 12.1. The van der Waals surface area contributed by atoms with Gasteiger partial charge in [-0.15, -0.1) is 0 Å². The van der Waals surface area contributed by atoms with Gasteiger partial charge in [-0.2, -0.15) is 5.26 Å². The molecule has 1 aromatic carbocycles. The first-order valence-electron chi connectivity index (χ1n) is 6.19. The molecule has 0 atom stereocenters. The van der Waals surface area contributed by atoms with E-state index in [-0.39, 0.29) is 5.91 Å². The van der Waals surface area contributed by atoms with E-state index in [1.807, 2.05) is 18.2 Å². The molecule has 0 fully saturated rings. The molecule has 0 saturated heterocycles. The van der Waals surface area contributed by atoms with E-state index in [9.17, 15) is 4.79 Å². The van der Waals surface area contributed by atoms with Crippen LogP contribution in [0.15, 0.2) is 36.5 Å². The van der Waals surface area contributed by atoms with Gasteiger partial charge in [0.1, 0.15) is 17.6 Å². The highest BCUT2D eigenvalue weighted by atomic mass is 16.5. The lowest BCUT2D eigenvalue weighted by molar-refractivity contribution is 0.102. The van der Waals surface area contributed by atoms with Gasteiger partial charge < -0.3 is 10.1 Å². The third kappa shape index (κ3) is 2.31. The summed E-state index contributed by atoms with van der Waals surface area (Å²) >= 11 is 0. The van der Waals surface area contributed by atoms with Crippen LogP contribution >= 0.6 is 0 Å². The lowest BCUT2D eigenvalue weighted by Gasteiger charge is -2.05. The number of aromatic nitrogens is 1. The van der Waals surface area contributed by atoms with Crippen LogP contribution in [0.1, 0.15) is 21.5 Å². The number of anilines is 1. The zero-order chi connectivity index (χ0) is 13.9. The minimum absolute atomic E-state index is 0.225. The van der Waals surface area contributed by atoms with Crippen LogP contribution in [-0.4, -0.2) is 17.5 Å². The van der Waals surface area contributed by atoms with Crippen molar-refractivity contribution in [3.05, 3.63) is 53.2 Å². The molecule has 5 heteroatoms. The summed E-state index contributed by atoms with van der Waals surface area (Å²) in [5.41, 5.74) is 2.07. The largest absolute Gasteiger partial charge is 0.493 e. The van der Waals surface area contributed by atoms with Crippen LogP contribution in [0.4, 0.5) is 5.82 Å². The average molecular weight is 265 g/mol. The molecule has 0 bridgehead atoms. The topological polar surface area (TPSA) is 75.0 Å². The molecule has 1 amide bonds. The Kier molecular flexibility index (Phi) is 3.05. The molecule has 2 heterocycles. The van der Waals surface area contributed by atoms with Gasteiger partial charge in [0, 0.05) is 18.2 Å². The molecule has 3 rings (SSSR count). The number of pyridine rings is 1. The number of hydrogen-bond acceptors (Lipinski definition) is 4. The fourth-order valence-corrected chi connectivity index (χ4v) is 2.05. The van der Waals surface area contributed by atoms with Crippen molar-refractivity contribution in [3.63, 3.8) is 0 Å². The number of nitrogens with one attached hydrogen (secondary N) is 1. The summed E-state index contributed by atoms with van der Waals surface area (Å²) in [5.74, 6) is 1.04. The molecule has 0 aliphatic carbocycles. The second kappa shape index (κ2) is 5.02. The van der Waals surface area contributed by atoms with E-state index in [0.29, 0.717) is 23.6 Å². The number of nitrogens with zero attached hydrogens (tertiary/aromatic N) is 2. The Hall–Kier alpha value is -2.87. The zero-order valence-electron chi connectivity index (χ0n) is 10.6. The number of amides is 1. The third-order valence-corrected chi connectivity index (χ3v) is 3.09. The normalized spacial score (nSPS) is 12.2. The van der Waals surface area contributed by atoms with Gasteiger partial charge in [-0.05, 0) is 35.9 Å². The van der Waals surface area contributed by atoms with Crippen LogP contribution in [0.3, 0.4) is 0 Å². The number of benzene rings is 1. The average Bonchev–Trinajstić information content (AvgIpc) is 2.95. The van der Waals surface area contributed by atoms with Crippen molar-refractivity contribution in [1.29, 1.82) is 5.26 Å². The first kappa shape index (κ1) is 12.2. The molecule has 1 aromatic heterocycles. The van der Waals surface area contributed by atoms with Gasteiger partial charge in [0.25, 0.3) is 5.91 Å². The number of carbonyl (C=O) groups excluding carboxylic acids is 1. The smallest absolute Gasteiger partial charge is 0.256 e. The molecule has 0 radical (unpaired) electrons. The lowest BCUT2D eigenvalue weighted by atomic mass is 10.1. The van der Waals surface area contributed by atoms with Crippen molar-refractivity contribution in [2.24, 2.45) is 0 Å². The lowest BCUT2D eigenvalue weighted by Crippen LogP contribution is -2.13. The number of carbonyl (C=O) groups is 1. The molecule has 0 unspecified atom stereocenters. The van der Waals surface area contributed by atoms with Crippen LogP contribution in [0.2, 0.25) is 0 Å². The number of rotatable bonds is 2. The highest BCUT2D eigenvalue weighted by Gasteiger charge is 2.15. The summed E-state index contributed by atoms with van der Waals surface area (Å²) in [5, 5.41) is 11.4. The maximum Gasteiger partial charge on any atom is 0.256 e. The molecule has 20 heavy (non-hydrogen) atoms. The van der Waals surface area contributed by atoms with Crippen LogP contribution in [0, 0.1) is 11.3 Å². The Bertz CT molecular complexity index is 702. The van der Waals surface area contributed by atoms with Gasteiger partial charge in [-0.25, -0.2) is 4.98 Å². The zero-order valence-corrected chi connectivity index (χ0v) is 10.6. The highest BCUT2D eigenvalue weighted by molar-refractivity contribution is 6.04. The monoisotopic (exact) mass is 265 g/mol. The molecule has 0 saturated carbocycles. The summed E-state index contributed by atoms with van der Waals surface area (Å²) in [4.78, 5) is 16.1. The number of ether oxygens (including phenoxy) is 1. The second-order valence-corrected chi connectivity index (χ2v) is 4.42. The first-order valence-corrected chi connectivity index (χ1v) is 6.19. The van der Waals surface area contributed by atoms with Crippen molar-refractivity contribution >= 4 is 11.7 Å². The standard InChI is InChI=1S/C15H11N3O2/c16-8-10-1-4-14(17-9-10)18-15(19)12-2-3-13-11(7-12)5-6-20-13/h1-4,7,9H,5-6H2,(H,17,18,19). The molecule has 98 valence electrons. The summed E-state index contributed by atoms with van der Waals surface area (Å²) < 4.78 is 5.40. The van der Waals surface area contributed by atoms with Crippen LogP contribution in [-0.2, 0) is 6.42 Å². The highest BCUT2D eigenvalue weighted by Crippen LogP contribution is 2.26. The van der Waals surface area contributed by atoms with Crippen LogP contribution < -0.4 is 10.1 Å². The summed E-state index contributed by atoms with van der Waals surface area (Å²) in [6.07, 6.45) is 2.25. The second-order valence-electron chi connectivity index (χ2n) is 4.42. The van der Waals surface area contributed by atoms with Crippen molar-refractivity contribution in [2.45, 2.75) is 6.42 Å². The molecular formula is C15H11N3O2. The van der Waals surface area contributed by atoms with Crippen molar-refractivity contribution < 1.29 is 9.53 Å². The Morgan fingerprint density at radius 2 is 2.25 bits per heavy atom. The van der Waals surface area contributed by atoms with Crippen molar-refractivity contribution in [1.82, 2.24) is 4.98 Å². The predicted octanol–water partition coefficient (Wildman–Crippen LogP) is 2.14. The van der Waals surface area contributed by atoms with Gasteiger partial charge in [0.2, 0.25) is 0 Å². The third-order valence-electron chi connectivity index (χ3n) is 3.09. The van der Waals surface area contributed by atoms with E-state index < -0.39 is 0 Å². The SMILES string of the molecule is N#Cc1ccc(NC(=O)c2ccc3c(c2)CCO3)nc1. The van der Waals surface area contributed by atoms with Gasteiger partial charge in [0.15, 0.2) is 0 Å². The minimum Gasteiger partial charge on any atom is -0.493 e. The van der Waals surface area contributed by atoms with E-state index in [0.717, 1.165) is 17.7 Å². The van der Waals surface area contributed by atoms with Gasteiger partial charge in [-0.1, -0.05) is 0 Å². The predicted molar refractivity (Wildman–Crippen MR) is 72.5 cm³/mol. The first-order chi connectivity index (χ1) is 9.76. The van der Waals surface area contributed by atoms with Crippen molar-refractivity contribution in [2.75, 3.05) is 11.9 Å². The quantitative estimate of drug-likeness (QED) is 0.902. The van der Waals surface area contributed by atoms with Crippen molar-refractivity contribution in [3.8, 4) is 11.8 Å². The Balaban J connectivity index is 1.77. The molecular weight excluding hydrogens is 254 g/mol. The number of nitriles is 1. The summed E-state index contributed by atoms with van der Waals surface area (Å²) in [6.45, 7) is 0.664. The summed E-state index contributed by atoms with van der Waals surface area (Å²) in [6, 6.07) is 10.6. The van der Waals surface area contributed by atoms with E-state index in [4.69, 9.17) is 10.00 Å². The molecule has 1 aliphatic rings. The molecule has 1 N–H and O–H groups in total. The molecule has 0 spiro atoms. The fraction of sp³-hybridized carbons (Fsp3) is 0.133.